The minimum Gasteiger partial charge on any atom is -0.488 e. The van der Waals surface area contributed by atoms with Crippen LogP contribution in [0.3, 0.4) is 0 Å². The number of hydrogen-bond acceptors (Lipinski definition) is 4. The molecule has 4 nitrogen and oxygen atoms in total. The first-order valence-electron chi connectivity index (χ1n) is 11.6. The van der Waals surface area contributed by atoms with Gasteiger partial charge in [0.15, 0.2) is 11.6 Å². The van der Waals surface area contributed by atoms with Crippen LogP contribution in [0.2, 0.25) is 0 Å². The first kappa shape index (κ1) is 23.4. The van der Waals surface area contributed by atoms with Gasteiger partial charge in [0.2, 0.25) is 0 Å². The van der Waals surface area contributed by atoms with Gasteiger partial charge < -0.3 is 9.84 Å². The number of β-amino-alcohol motifs (C(OH)–C–C–N with tert-alkyl or cyclic N) is 1. The summed E-state index contributed by atoms with van der Waals surface area (Å²) in [5.74, 6) is 0.0578. The molecule has 5 heteroatoms. The Morgan fingerprint density at radius 2 is 1.48 bits per heavy atom. The zero-order valence-electron chi connectivity index (χ0n) is 19.1. The van der Waals surface area contributed by atoms with E-state index in [-0.39, 0.29) is 18.4 Å². The van der Waals surface area contributed by atoms with Crippen molar-refractivity contribution in [1.29, 1.82) is 0 Å². The highest BCUT2D eigenvalue weighted by Crippen LogP contribution is 2.27. The van der Waals surface area contributed by atoms with Crippen molar-refractivity contribution in [1.82, 2.24) is 9.80 Å². The Morgan fingerprint density at radius 1 is 0.879 bits per heavy atom. The predicted octanol–water partition coefficient (Wildman–Crippen LogP) is 4.57. The molecular formula is C28H32FN2O2. The Hall–Kier alpha value is -2.73. The summed E-state index contributed by atoms with van der Waals surface area (Å²) in [6, 6.07) is 27.8. The summed E-state index contributed by atoms with van der Waals surface area (Å²) in [7, 11) is 0. The molecule has 0 aromatic heterocycles. The molecular weight excluding hydrogens is 415 g/mol. The van der Waals surface area contributed by atoms with Gasteiger partial charge in [-0.15, -0.1) is 0 Å². The number of halogens is 1. The number of hydrogen-bond donors (Lipinski definition) is 1. The first-order valence-corrected chi connectivity index (χ1v) is 11.6. The lowest BCUT2D eigenvalue weighted by molar-refractivity contribution is 0.0355. The van der Waals surface area contributed by atoms with Crippen molar-refractivity contribution in [2.75, 3.05) is 32.8 Å². The van der Waals surface area contributed by atoms with Crippen LogP contribution in [0, 0.1) is 12.4 Å². The number of nitrogens with zero attached hydrogens (tertiary/aromatic N) is 2. The van der Waals surface area contributed by atoms with Crippen molar-refractivity contribution in [2.24, 2.45) is 0 Å². The molecule has 0 spiro atoms. The van der Waals surface area contributed by atoms with E-state index < -0.39 is 11.9 Å². The van der Waals surface area contributed by atoms with E-state index in [1.807, 2.05) is 0 Å². The van der Waals surface area contributed by atoms with Crippen LogP contribution in [0.1, 0.15) is 24.0 Å². The van der Waals surface area contributed by atoms with E-state index >= 15 is 0 Å². The number of ether oxygens (including phenoxy) is 1. The summed E-state index contributed by atoms with van der Waals surface area (Å²) < 4.78 is 19.2. The molecule has 0 aliphatic carbocycles. The maximum absolute atomic E-state index is 13.7. The van der Waals surface area contributed by atoms with Crippen molar-refractivity contribution in [3.05, 3.63) is 108 Å². The Balaban J connectivity index is 1.32. The molecule has 1 aliphatic heterocycles. The molecule has 1 aliphatic rings. The highest BCUT2D eigenvalue weighted by molar-refractivity contribution is 5.33. The van der Waals surface area contributed by atoms with Gasteiger partial charge in [-0.2, -0.15) is 0 Å². The number of benzene rings is 3. The zero-order chi connectivity index (χ0) is 23.0. The summed E-state index contributed by atoms with van der Waals surface area (Å²) in [4.78, 5) is 4.64. The minimum atomic E-state index is -0.687. The molecule has 2 unspecified atom stereocenters. The van der Waals surface area contributed by atoms with E-state index in [0.29, 0.717) is 12.5 Å². The van der Waals surface area contributed by atoms with Crippen LogP contribution in [0.15, 0.2) is 84.9 Å². The van der Waals surface area contributed by atoms with Crippen molar-refractivity contribution in [3.63, 3.8) is 0 Å². The first-order chi connectivity index (χ1) is 16.1. The van der Waals surface area contributed by atoms with Crippen LogP contribution in [0.25, 0.3) is 0 Å². The third-order valence-electron chi connectivity index (χ3n) is 6.21. The average molecular weight is 448 g/mol. The van der Waals surface area contributed by atoms with Crippen molar-refractivity contribution in [2.45, 2.75) is 25.0 Å². The van der Waals surface area contributed by atoms with Gasteiger partial charge in [0.1, 0.15) is 12.7 Å². The Bertz CT molecular complexity index is 946. The second-order valence-corrected chi connectivity index (χ2v) is 8.65. The van der Waals surface area contributed by atoms with E-state index in [4.69, 9.17) is 4.74 Å². The third kappa shape index (κ3) is 6.41. The fourth-order valence-electron chi connectivity index (χ4n) is 4.42. The van der Waals surface area contributed by atoms with E-state index in [9.17, 15) is 9.50 Å². The maximum atomic E-state index is 13.7. The zero-order valence-corrected chi connectivity index (χ0v) is 19.1. The topological polar surface area (TPSA) is 35.9 Å². The Labute approximate surface area is 196 Å². The molecule has 2 atom stereocenters. The lowest BCUT2D eigenvalue weighted by atomic mass is 9.90. The smallest absolute Gasteiger partial charge is 0.165 e. The molecule has 3 aromatic carbocycles. The quantitative estimate of drug-likeness (QED) is 0.522. The summed E-state index contributed by atoms with van der Waals surface area (Å²) in [6.45, 7) is 7.61. The van der Waals surface area contributed by atoms with E-state index in [0.717, 1.165) is 19.6 Å². The number of piperazine rings is 1. The van der Waals surface area contributed by atoms with E-state index in [2.05, 4.69) is 83.9 Å². The number of aliphatic hydroxyl groups is 1. The van der Waals surface area contributed by atoms with Crippen LogP contribution in [-0.2, 0) is 0 Å². The monoisotopic (exact) mass is 447 g/mol. The minimum absolute atomic E-state index is 0.0674. The van der Waals surface area contributed by atoms with Crippen molar-refractivity contribution in [3.8, 4) is 5.75 Å². The molecule has 173 valence electrons. The Kier molecular flexibility index (Phi) is 8.10. The number of para-hydroxylation sites is 1. The highest BCUT2D eigenvalue weighted by Gasteiger charge is 2.28. The van der Waals surface area contributed by atoms with Crippen molar-refractivity contribution < 1.29 is 14.2 Å². The second kappa shape index (κ2) is 11.4. The van der Waals surface area contributed by atoms with E-state index in [1.54, 1.807) is 18.2 Å². The molecule has 33 heavy (non-hydrogen) atoms. The predicted molar refractivity (Wildman–Crippen MR) is 130 cm³/mol. The SMILES string of the molecule is CC1[CH]N(CC(c2ccccc2)c2ccccc2)CCN1CC(O)COc1ccccc1F. The summed E-state index contributed by atoms with van der Waals surface area (Å²) >= 11 is 0. The molecule has 1 radical (unpaired) electrons. The molecule has 0 amide bonds. The fourth-order valence-corrected chi connectivity index (χ4v) is 4.42. The summed E-state index contributed by atoms with van der Waals surface area (Å²) in [5, 5.41) is 10.5. The third-order valence-corrected chi connectivity index (χ3v) is 6.21. The number of rotatable bonds is 9. The van der Waals surface area contributed by atoms with Gasteiger partial charge >= 0.3 is 0 Å². The molecule has 4 rings (SSSR count). The molecule has 1 N–H and O–H groups in total. The second-order valence-electron chi connectivity index (χ2n) is 8.65. The van der Waals surface area contributed by atoms with E-state index in [1.165, 1.54) is 17.2 Å². The van der Waals surface area contributed by atoms with Crippen LogP contribution in [0.4, 0.5) is 4.39 Å². The van der Waals surface area contributed by atoms with Crippen molar-refractivity contribution >= 4 is 0 Å². The van der Waals surface area contributed by atoms with Gasteiger partial charge in [-0.1, -0.05) is 72.8 Å². The lowest BCUT2D eigenvalue weighted by Gasteiger charge is -2.41. The van der Waals surface area contributed by atoms with Crippen LogP contribution < -0.4 is 4.74 Å². The molecule has 1 saturated heterocycles. The summed E-state index contributed by atoms with van der Waals surface area (Å²) in [5.41, 5.74) is 2.63. The van der Waals surface area contributed by atoms with Gasteiger partial charge in [0.25, 0.3) is 0 Å². The number of aliphatic hydroxyl groups excluding tert-OH is 1. The molecule has 0 saturated carbocycles. The van der Waals surface area contributed by atoms with Gasteiger partial charge in [-0.25, -0.2) is 4.39 Å². The van der Waals surface area contributed by atoms with Gasteiger partial charge in [-0.05, 0) is 30.2 Å². The van der Waals surface area contributed by atoms with Crippen LogP contribution in [0.5, 0.6) is 5.75 Å². The fraction of sp³-hybridized carbons (Fsp3) is 0.321. The maximum Gasteiger partial charge on any atom is 0.165 e. The highest BCUT2D eigenvalue weighted by atomic mass is 19.1. The Morgan fingerprint density at radius 3 is 2.09 bits per heavy atom. The average Bonchev–Trinajstić information content (AvgIpc) is 2.85. The van der Waals surface area contributed by atoms with Gasteiger partial charge in [-0.3, -0.25) is 9.80 Å². The van der Waals surface area contributed by atoms with Gasteiger partial charge in [0, 0.05) is 44.7 Å². The van der Waals surface area contributed by atoms with Gasteiger partial charge in [0.05, 0.1) is 0 Å². The lowest BCUT2D eigenvalue weighted by Crippen LogP contribution is -2.52. The molecule has 1 fully saturated rings. The van der Waals surface area contributed by atoms with Crippen LogP contribution in [-0.4, -0.2) is 59.8 Å². The molecule has 1 heterocycles. The molecule has 0 bridgehead atoms. The largest absolute Gasteiger partial charge is 0.488 e. The summed E-state index contributed by atoms with van der Waals surface area (Å²) in [6.07, 6.45) is -0.687. The molecule has 3 aromatic rings. The normalized spacial score (nSPS) is 18.4. The van der Waals surface area contributed by atoms with Crippen LogP contribution >= 0.6 is 0 Å². The standard InChI is InChI=1S/C28H32FN2O2/c1-22-18-30(20-26(23-10-4-2-5-11-23)24-12-6-3-7-13-24)16-17-31(22)19-25(32)21-33-28-15-9-8-14-27(28)29/h2-15,18,22,25-26,32H,16-17,19-21H2,1H3.